The van der Waals surface area contributed by atoms with Crippen LogP contribution in [0.3, 0.4) is 0 Å². The molecule has 5 heteroatoms. The van der Waals surface area contributed by atoms with Crippen molar-refractivity contribution in [3.05, 3.63) is 41.8 Å². The minimum absolute atomic E-state index is 0.261. The van der Waals surface area contributed by atoms with Crippen molar-refractivity contribution in [2.45, 2.75) is 6.54 Å². The Morgan fingerprint density at radius 2 is 2.14 bits per heavy atom. The van der Waals surface area contributed by atoms with Crippen molar-refractivity contribution in [2.24, 2.45) is 0 Å². The lowest BCUT2D eigenvalue weighted by molar-refractivity contribution is 0.550. The molecule has 0 amide bonds. The molecule has 4 nitrogen and oxygen atoms in total. The first-order valence-electron chi connectivity index (χ1n) is 4.15. The Balaban J connectivity index is 2.23. The standard InChI is InChI=1S/C9H9FN4/c10-8-4-2-1-3-7(8)6-14-12-5-9(11)13-14/h1-5H,6H2,(H2,11,13). The summed E-state index contributed by atoms with van der Waals surface area (Å²) in [5.74, 6) is 0.0738. The first-order chi connectivity index (χ1) is 6.75. The average molecular weight is 192 g/mol. The van der Waals surface area contributed by atoms with Gasteiger partial charge in [0.15, 0.2) is 5.82 Å². The maximum atomic E-state index is 13.2. The highest BCUT2D eigenvalue weighted by Crippen LogP contribution is 2.07. The zero-order chi connectivity index (χ0) is 9.97. The number of benzene rings is 1. The third-order valence-corrected chi connectivity index (χ3v) is 1.82. The van der Waals surface area contributed by atoms with Crippen molar-refractivity contribution >= 4 is 5.82 Å². The summed E-state index contributed by atoms with van der Waals surface area (Å²) in [6.07, 6.45) is 1.43. The fourth-order valence-corrected chi connectivity index (χ4v) is 1.17. The van der Waals surface area contributed by atoms with E-state index in [4.69, 9.17) is 5.73 Å². The zero-order valence-electron chi connectivity index (χ0n) is 7.39. The van der Waals surface area contributed by atoms with Crippen molar-refractivity contribution in [3.63, 3.8) is 0 Å². The topological polar surface area (TPSA) is 56.7 Å². The number of hydrogen-bond donors (Lipinski definition) is 1. The molecule has 0 aliphatic heterocycles. The van der Waals surface area contributed by atoms with Gasteiger partial charge in [0.25, 0.3) is 0 Å². The van der Waals surface area contributed by atoms with E-state index < -0.39 is 0 Å². The third kappa shape index (κ3) is 1.71. The van der Waals surface area contributed by atoms with E-state index in [1.165, 1.54) is 17.1 Å². The molecule has 0 saturated carbocycles. The third-order valence-electron chi connectivity index (χ3n) is 1.82. The minimum Gasteiger partial charge on any atom is -0.381 e. The number of halogens is 1. The van der Waals surface area contributed by atoms with Crippen LogP contribution in [0.1, 0.15) is 5.56 Å². The van der Waals surface area contributed by atoms with Gasteiger partial charge in [-0.05, 0) is 6.07 Å². The molecule has 2 aromatic rings. The van der Waals surface area contributed by atoms with E-state index in [-0.39, 0.29) is 5.82 Å². The predicted octanol–water partition coefficient (Wildman–Crippen LogP) is 1.05. The Labute approximate surface area is 80.2 Å². The van der Waals surface area contributed by atoms with Gasteiger partial charge in [-0.2, -0.15) is 9.90 Å². The molecule has 0 saturated heterocycles. The van der Waals surface area contributed by atoms with Crippen molar-refractivity contribution in [2.75, 3.05) is 5.73 Å². The summed E-state index contributed by atoms with van der Waals surface area (Å²) in [7, 11) is 0. The number of rotatable bonds is 2. The maximum Gasteiger partial charge on any atom is 0.165 e. The maximum absolute atomic E-state index is 13.2. The molecule has 0 radical (unpaired) electrons. The van der Waals surface area contributed by atoms with Gasteiger partial charge < -0.3 is 5.73 Å². The number of hydrogen-bond acceptors (Lipinski definition) is 3. The van der Waals surface area contributed by atoms with Gasteiger partial charge in [-0.15, -0.1) is 5.10 Å². The number of anilines is 1. The number of nitrogens with zero attached hydrogens (tertiary/aromatic N) is 3. The second-order valence-electron chi connectivity index (χ2n) is 2.89. The van der Waals surface area contributed by atoms with Crippen LogP contribution < -0.4 is 5.73 Å². The molecule has 0 aliphatic carbocycles. The summed E-state index contributed by atoms with van der Waals surface area (Å²) in [6.45, 7) is 0.296. The molecule has 0 bridgehead atoms. The quantitative estimate of drug-likeness (QED) is 0.773. The van der Waals surface area contributed by atoms with Gasteiger partial charge in [-0.3, -0.25) is 0 Å². The molecule has 14 heavy (non-hydrogen) atoms. The molecular weight excluding hydrogens is 183 g/mol. The lowest BCUT2D eigenvalue weighted by Crippen LogP contribution is -2.05. The van der Waals surface area contributed by atoms with Crippen LogP contribution in [0.25, 0.3) is 0 Å². The van der Waals surface area contributed by atoms with Gasteiger partial charge in [-0.1, -0.05) is 18.2 Å². The van der Waals surface area contributed by atoms with Gasteiger partial charge in [0.1, 0.15) is 5.82 Å². The van der Waals surface area contributed by atoms with E-state index in [2.05, 4.69) is 10.2 Å². The summed E-state index contributed by atoms with van der Waals surface area (Å²) < 4.78 is 13.2. The zero-order valence-corrected chi connectivity index (χ0v) is 7.39. The summed E-state index contributed by atoms with van der Waals surface area (Å²) in [6, 6.07) is 6.51. The normalized spacial score (nSPS) is 10.4. The van der Waals surface area contributed by atoms with Gasteiger partial charge in [0, 0.05) is 5.56 Å². The van der Waals surface area contributed by atoms with E-state index in [0.29, 0.717) is 17.9 Å². The van der Waals surface area contributed by atoms with Gasteiger partial charge in [0.2, 0.25) is 0 Å². The molecule has 0 spiro atoms. The second kappa shape index (κ2) is 3.45. The summed E-state index contributed by atoms with van der Waals surface area (Å²) in [5, 5.41) is 7.73. The summed E-state index contributed by atoms with van der Waals surface area (Å²) in [4.78, 5) is 1.35. The number of nitrogen functional groups attached to an aromatic ring is 1. The highest BCUT2D eigenvalue weighted by atomic mass is 19.1. The van der Waals surface area contributed by atoms with Gasteiger partial charge in [0.05, 0.1) is 12.7 Å². The smallest absolute Gasteiger partial charge is 0.165 e. The molecule has 72 valence electrons. The van der Waals surface area contributed by atoms with Crippen molar-refractivity contribution in [1.29, 1.82) is 0 Å². The number of nitrogens with two attached hydrogens (primary N) is 1. The fourth-order valence-electron chi connectivity index (χ4n) is 1.17. The molecular formula is C9H9FN4. The molecule has 1 aromatic carbocycles. The Morgan fingerprint density at radius 1 is 1.36 bits per heavy atom. The molecule has 0 atom stereocenters. The molecule has 0 unspecified atom stereocenters. The second-order valence-corrected chi connectivity index (χ2v) is 2.89. The van der Waals surface area contributed by atoms with E-state index in [1.807, 2.05) is 0 Å². The number of aromatic nitrogens is 3. The first kappa shape index (κ1) is 8.68. The minimum atomic E-state index is -0.261. The lowest BCUT2D eigenvalue weighted by atomic mass is 10.2. The predicted molar refractivity (Wildman–Crippen MR) is 49.9 cm³/mol. The van der Waals surface area contributed by atoms with E-state index in [0.717, 1.165) is 0 Å². The Kier molecular flexibility index (Phi) is 2.14. The molecule has 1 aromatic heterocycles. The first-order valence-corrected chi connectivity index (χ1v) is 4.15. The molecule has 2 N–H and O–H groups in total. The summed E-state index contributed by atoms with van der Waals surface area (Å²) in [5.41, 5.74) is 5.93. The van der Waals surface area contributed by atoms with E-state index in [1.54, 1.807) is 18.2 Å². The van der Waals surface area contributed by atoms with Crippen LogP contribution in [0.2, 0.25) is 0 Å². The van der Waals surface area contributed by atoms with Crippen molar-refractivity contribution in [1.82, 2.24) is 15.0 Å². The Hall–Kier alpha value is -1.91. The van der Waals surface area contributed by atoms with Gasteiger partial charge in [-0.25, -0.2) is 4.39 Å². The monoisotopic (exact) mass is 192 g/mol. The van der Waals surface area contributed by atoms with E-state index in [9.17, 15) is 4.39 Å². The Morgan fingerprint density at radius 3 is 2.79 bits per heavy atom. The average Bonchev–Trinajstić information content (AvgIpc) is 2.56. The van der Waals surface area contributed by atoms with Crippen molar-refractivity contribution < 1.29 is 4.39 Å². The molecule has 0 aliphatic rings. The highest BCUT2D eigenvalue weighted by Gasteiger charge is 2.02. The Bertz CT molecular complexity index is 438. The van der Waals surface area contributed by atoms with Crippen LogP contribution in [0.5, 0.6) is 0 Å². The van der Waals surface area contributed by atoms with Crippen LogP contribution in [-0.4, -0.2) is 15.0 Å². The van der Waals surface area contributed by atoms with Crippen LogP contribution in [0.4, 0.5) is 10.2 Å². The van der Waals surface area contributed by atoms with Crippen molar-refractivity contribution in [3.8, 4) is 0 Å². The van der Waals surface area contributed by atoms with Crippen LogP contribution in [0, 0.1) is 5.82 Å². The highest BCUT2D eigenvalue weighted by molar-refractivity contribution is 5.21. The molecule has 0 fully saturated rings. The fraction of sp³-hybridized carbons (Fsp3) is 0.111. The lowest BCUT2D eigenvalue weighted by Gasteiger charge is -2.00. The summed E-state index contributed by atoms with van der Waals surface area (Å²) >= 11 is 0. The van der Waals surface area contributed by atoms with E-state index >= 15 is 0 Å². The molecule has 1 heterocycles. The molecule has 2 rings (SSSR count). The SMILES string of the molecule is Nc1cnn(Cc2ccccc2F)n1. The largest absolute Gasteiger partial charge is 0.381 e. The van der Waals surface area contributed by atoms with Gasteiger partial charge >= 0.3 is 0 Å². The van der Waals surface area contributed by atoms with Crippen LogP contribution in [-0.2, 0) is 6.54 Å². The van der Waals surface area contributed by atoms with Crippen LogP contribution >= 0.6 is 0 Å². The van der Waals surface area contributed by atoms with Crippen LogP contribution in [0.15, 0.2) is 30.5 Å².